The van der Waals surface area contributed by atoms with E-state index in [0.717, 1.165) is 48.2 Å². The molecule has 4 heteroatoms. The Kier molecular flexibility index (Phi) is 3.65. The fourth-order valence-electron chi connectivity index (χ4n) is 2.73. The van der Waals surface area contributed by atoms with Crippen LogP contribution in [0.15, 0.2) is 30.3 Å². The smallest absolute Gasteiger partial charge is 0.227 e. The van der Waals surface area contributed by atoms with Crippen LogP contribution in [0.3, 0.4) is 0 Å². The van der Waals surface area contributed by atoms with Gasteiger partial charge in [0.15, 0.2) is 0 Å². The van der Waals surface area contributed by atoms with Crippen molar-refractivity contribution in [2.75, 3.05) is 18.4 Å². The summed E-state index contributed by atoms with van der Waals surface area (Å²) in [6, 6.07) is 9.86. The van der Waals surface area contributed by atoms with Gasteiger partial charge in [-0.05, 0) is 45.0 Å². The Balaban J connectivity index is 1.88. The zero-order valence-electron chi connectivity index (χ0n) is 11.6. The molecule has 3 rings (SSSR count). The first-order chi connectivity index (χ1) is 9.74. The molecule has 104 valence electrons. The van der Waals surface area contributed by atoms with Crippen LogP contribution in [-0.2, 0) is 4.79 Å². The summed E-state index contributed by atoms with van der Waals surface area (Å²) < 4.78 is 0. The maximum absolute atomic E-state index is 12.4. The Morgan fingerprint density at radius 1 is 1.30 bits per heavy atom. The van der Waals surface area contributed by atoms with Gasteiger partial charge in [-0.1, -0.05) is 18.2 Å². The molecule has 4 nitrogen and oxygen atoms in total. The lowest BCUT2D eigenvalue weighted by Crippen LogP contribution is -2.34. The summed E-state index contributed by atoms with van der Waals surface area (Å²) in [6.07, 6.45) is 1.82. The van der Waals surface area contributed by atoms with Crippen LogP contribution in [0.4, 0.5) is 5.69 Å². The second-order valence-corrected chi connectivity index (χ2v) is 5.34. The summed E-state index contributed by atoms with van der Waals surface area (Å²) in [4.78, 5) is 16.9. The highest BCUT2D eigenvalue weighted by molar-refractivity contribution is 6.01. The van der Waals surface area contributed by atoms with Crippen molar-refractivity contribution in [1.82, 2.24) is 10.3 Å². The molecule has 1 aromatic heterocycles. The van der Waals surface area contributed by atoms with E-state index in [9.17, 15) is 4.79 Å². The van der Waals surface area contributed by atoms with Gasteiger partial charge in [0, 0.05) is 17.0 Å². The topological polar surface area (TPSA) is 54.0 Å². The molecule has 0 aliphatic carbocycles. The molecule has 2 N–H and O–H groups in total. The first-order valence-corrected chi connectivity index (χ1v) is 7.12. The molecule has 1 aliphatic heterocycles. The van der Waals surface area contributed by atoms with Gasteiger partial charge in [0.1, 0.15) is 0 Å². The van der Waals surface area contributed by atoms with E-state index in [-0.39, 0.29) is 11.8 Å². The molecular formula is C16H19N3O. The molecule has 0 atom stereocenters. The summed E-state index contributed by atoms with van der Waals surface area (Å²) >= 11 is 0. The molecule has 2 aromatic rings. The predicted molar refractivity (Wildman–Crippen MR) is 80.7 cm³/mol. The average Bonchev–Trinajstić information content (AvgIpc) is 2.48. The lowest BCUT2D eigenvalue weighted by molar-refractivity contribution is -0.120. The summed E-state index contributed by atoms with van der Waals surface area (Å²) in [5, 5.41) is 7.37. The molecule has 2 heterocycles. The molecule has 1 aromatic carbocycles. The number of para-hydroxylation sites is 1. The van der Waals surface area contributed by atoms with Gasteiger partial charge in [-0.15, -0.1) is 0 Å². The SMILES string of the molecule is Cc1cc(NC(=O)C2CCNCC2)c2ccccc2n1. The molecule has 1 fully saturated rings. The molecule has 1 amide bonds. The fraction of sp³-hybridized carbons (Fsp3) is 0.375. The molecule has 1 aliphatic rings. The second kappa shape index (κ2) is 5.59. The summed E-state index contributed by atoms with van der Waals surface area (Å²) in [5.74, 6) is 0.241. The Labute approximate surface area is 118 Å². The van der Waals surface area contributed by atoms with Gasteiger partial charge in [0.05, 0.1) is 11.2 Å². The van der Waals surface area contributed by atoms with E-state index in [0.29, 0.717) is 0 Å². The maximum Gasteiger partial charge on any atom is 0.227 e. The lowest BCUT2D eigenvalue weighted by Gasteiger charge is -2.22. The number of hydrogen-bond donors (Lipinski definition) is 2. The van der Waals surface area contributed by atoms with Gasteiger partial charge in [0.2, 0.25) is 5.91 Å². The number of pyridine rings is 1. The van der Waals surface area contributed by atoms with Crippen molar-refractivity contribution in [2.45, 2.75) is 19.8 Å². The van der Waals surface area contributed by atoms with E-state index < -0.39 is 0 Å². The Bertz CT molecular complexity index is 633. The van der Waals surface area contributed by atoms with Gasteiger partial charge < -0.3 is 10.6 Å². The second-order valence-electron chi connectivity index (χ2n) is 5.34. The third-order valence-electron chi connectivity index (χ3n) is 3.81. The van der Waals surface area contributed by atoms with E-state index in [4.69, 9.17) is 0 Å². The first kappa shape index (κ1) is 13.1. The molecule has 0 spiro atoms. The van der Waals surface area contributed by atoms with Crippen molar-refractivity contribution in [2.24, 2.45) is 5.92 Å². The van der Waals surface area contributed by atoms with E-state index in [1.54, 1.807) is 0 Å². The van der Waals surface area contributed by atoms with Gasteiger partial charge in [-0.2, -0.15) is 0 Å². The van der Waals surface area contributed by atoms with Gasteiger partial charge in [-0.3, -0.25) is 9.78 Å². The summed E-state index contributed by atoms with van der Waals surface area (Å²) in [6.45, 7) is 3.80. The van der Waals surface area contributed by atoms with Crippen LogP contribution in [0.25, 0.3) is 10.9 Å². The number of carbonyl (C=O) groups excluding carboxylic acids is 1. The number of fused-ring (bicyclic) bond motifs is 1. The highest BCUT2D eigenvalue weighted by atomic mass is 16.1. The van der Waals surface area contributed by atoms with Crippen molar-refractivity contribution < 1.29 is 4.79 Å². The standard InChI is InChI=1S/C16H19N3O/c1-11-10-15(13-4-2-3-5-14(13)18-11)19-16(20)12-6-8-17-9-7-12/h2-5,10,12,17H,6-9H2,1H3,(H,18,19,20). The van der Waals surface area contributed by atoms with Crippen molar-refractivity contribution in [3.63, 3.8) is 0 Å². The highest BCUT2D eigenvalue weighted by Gasteiger charge is 2.21. The molecule has 0 unspecified atom stereocenters. The average molecular weight is 269 g/mol. The third-order valence-corrected chi connectivity index (χ3v) is 3.81. The minimum absolute atomic E-state index is 0.114. The number of amides is 1. The minimum atomic E-state index is 0.114. The van der Waals surface area contributed by atoms with E-state index in [1.165, 1.54) is 0 Å². The van der Waals surface area contributed by atoms with Gasteiger partial charge in [0.25, 0.3) is 0 Å². The normalized spacial score (nSPS) is 16.2. The van der Waals surface area contributed by atoms with Crippen molar-refractivity contribution in [3.05, 3.63) is 36.0 Å². The number of rotatable bonds is 2. The largest absolute Gasteiger partial charge is 0.325 e. The molecule has 1 saturated heterocycles. The van der Waals surface area contributed by atoms with Crippen LogP contribution < -0.4 is 10.6 Å². The number of benzene rings is 1. The van der Waals surface area contributed by atoms with Crippen LogP contribution in [0.1, 0.15) is 18.5 Å². The quantitative estimate of drug-likeness (QED) is 0.880. The molecule has 0 saturated carbocycles. The number of piperidine rings is 1. The Morgan fingerprint density at radius 3 is 2.85 bits per heavy atom. The number of anilines is 1. The number of carbonyl (C=O) groups is 1. The number of nitrogens with one attached hydrogen (secondary N) is 2. The van der Waals surface area contributed by atoms with Crippen molar-refractivity contribution in [1.29, 1.82) is 0 Å². The zero-order chi connectivity index (χ0) is 13.9. The van der Waals surface area contributed by atoms with Crippen LogP contribution in [0, 0.1) is 12.8 Å². The lowest BCUT2D eigenvalue weighted by atomic mass is 9.97. The summed E-state index contributed by atoms with van der Waals surface area (Å²) in [7, 11) is 0. The highest BCUT2D eigenvalue weighted by Crippen LogP contribution is 2.24. The fourth-order valence-corrected chi connectivity index (χ4v) is 2.73. The Morgan fingerprint density at radius 2 is 2.05 bits per heavy atom. The molecule has 0 bridgehead atoms. The third kappa shape index (κ3) is 2.65. The number of aryl methyl sites for hydroxylation is 1. The molecule has 20 heavy (non-hydrogen) atoms. The Hall–Kier alpha value is -1.94. The van der Waals surface area contributed by atoms with Crippen LogP contribution >= 0.6 is 0 Å². The van der Waals surface area contributed by atoms with Crippen LogP contribution in [-0.4, -0.2) is 24.0 Å². The summed E-state index contributed by atoms with van der Waals surface area (Å²) in [5.41, 5.74) is 2.72. The number of hydrogen-bond acceptors (Lipinski definition) is 3. The van der Waals surface area contributed by atoms with Crippen LogP contribution in [0.2, 0.25) is 0 Å². The predicted octanol–water partition coefficient (Wildman–Crippen LogP) is 2.48. The van der Waals surface area contributed by atoms with Crippen molar-refractivity contribution in [3.8, 4) is 0 Å². The molecular weight excluding hydrogens is 250 g/mol. The van der Waals surface area contributed by atoms with E-state index >= 15 is 0 Å². The van der Waals surface area contributed by atoms with Gasteiger partial charge >= 0.3 is 0 Å². The van der Waals surface area contributed by atoms with E-state index in [2.05, 4.69) is 15.6 Å². The number of aromatic nitrogens is 1. The van der Waals surface area contributed by atoms with Crippen LogP contribution in [0.5, 0.6) is 0 Å². The minimum Gasteiger partial charge on any atom is -0.325 e. The monoisotopic (exact) mass is 269 g/mol. The zero-order valence-corrected chi connectivity index (χ0v) is 11.6. The maximum atomic E-state index is 12.4. The number of nitrogens with zero attached hydrogens (tertiary/aromatic N) is 1. The van der Waals surface area contributed by atoms with E-state index in [1.807, 2.05) is 37.3 Å². The van der Waals surface area contributed by atoms with Gasteiger partial charge in [-0.25, -0.2) is 0 Å². The first-order valence-electron chi connectivity index (χ1n) is 7.12. The van der Waals surface area contributed by atoms with Crippen molar-refractivity contribution >= 4 is 22.5 Å². The molecule has 0 radical (unpaired) electrons.